The molecular weight excluding hydrogens is 323 g/mol. The molecule has 0 atom stereocenters. The van der Waals surface area contributed by atoms with Crippen LogP contribution in [0.3, 0.4) is 0 Å². The summed E-state index contributed by atoms with van der Waals surface area (Å²) in [4.78, 5) is 26.9. The Morgan fingerprint density at radius 1 is 1.20 bits per heavy atom. The SMILES string of the molecule is CCCc1c(Cl)[nH]c(=O)n(-c2cccc(Cl)c2Cl)c1=O. The predicted molar refractivity (Wildman–Crippen MR) is 81.7 cm³/mol. The van der Waals surface area contributed by atoms with Crippen LogP contribution < -0.4 is 11.2 Å². The number of hydrogen-bond donors (Lipinski definition) is 1. The second kappa shape index (κ2) is 6.04. The Morgan fingerprint density at radius 3 is 2.55 bits per heavy atom. The van der Waals surface area contributed by atoms with E-state index in [0.717, 1.165) is 11.0 Å². The molecule has 1 heterocycles. The minimum Gasteiger partial charge on any atom is -0.297 e. The Labute approximate surface area is 129 Å². The van der Waals surface area contributed by atoms with E-state index in [0.29, 0.717) is 12.0 Å². The maximum atomic E-state index is 12.4. The Morgan fingerprint density at radius 2 is 1.90 bits per heavy atom. The van der Waals surface area contributed by atoms with Crippen molar-refractivity contribution in [2.45, 2.75) is 19.8 Å². The molecule has 0 saturated carbocycles. The first-order valence-electron chi connectivity index (χ1n) is 5.95. The van der Waals surface area contributed by atoms with Crippen LogP contribution in [0.15, 0.2) is 27.8 Å². The zero-order valence-corrected chi connectivity index (χ0v) is 12.8. The van der Waals surface area contributed by atoms with E-state index in [1.807, 2.05) is 6.92 Å². The summed E-state index contributed by atoms with van der Waals surface area (Å²) in [7, 11) is 0. The number of rotatable bonds is 3. The van der Waals surface area contributed by atoms with Gasteiger partial charge in [0, 0.05) is 0 Å². The first-order chi connectivity index (χ1) is 9.47. The average Bonchev–Trinajstić information content (AvgIpc) is 2.39. The molecule has 0 bridgehead atoms. The van der Waals surface area contributed by atoms with Gasteiger partial charge in [-0.2, -0.15) is 0 Å². The van der Waals surface area contributed by atoms with Crippen LogP contribution in [0, 0.1) is 0 Å². The third-order valence-corrected chi connectivity index (χ3v) is 3.95. The first kappa shape index (κ1) is 15.2. The van der Waals surface area contributed by atoms with Crippen molar-refractivity contribution in [2.75, 3.05) is 0 Å². The van der Waals surface area contributed by atoms with Gasteiger partial charge in [0.1, 0.15) is 5.15 Å². The molecule has 1 N–H and O–H groups in total. The van der Waals surface area contributed by atoms with Gasteiger partial charge in [-0.1, -0.05) is 54.2 Å². The van der Waals surface area contributed by atoms with Crippen molar-refractivity contribution in [1.82, 2.24) is 9.55 Å². The zero-order valence-electron chi connectivity index (χ0n) is 10.5. The van der Waals surface area contributed by atoms with Crippen LogP contribution in [-0.4, -0.2) is 9.55 Å². The van der Waals surface area contributed by atoms with Crippen LogP contribution >= 0.6 is 34.8 Å². The van der Waals surface area contributed by atoms with Crippen LogP contribution in [0.25, 0.3) is 5.69 Å². The number of halogens is 3. The fourth-order valence-electron chi connectivity index (χ4n) is 1.90. The fourth-order valence-corrected chi connectivity index (χ4v) is 2.53. The highest BCUT2D eigenvalue weighted by atomic mass is 35.5. The summed E-state index contributed by atoms with van der Waals surface area (Å²) in [6.45, 7) is 1.91. The summed E-state index contributed by atoms with van der Waals surface area (Å²) >= 11 is 17.9. The maximum Gasteiger partial charge on any atom is 0.334 e. The van der Waals surface area contributed by atoms with Crippen LogP contribution in [0.2, 0.25) is 15.2 Å². The molecule has 20 heavy (non-hydrogen) atoms. The van der Waals surface area contributed by atoms with E-state index in [2.05, 4.69) is 4.98 Å². The van der Waals surface area contributed by atoms with Gasteiger partial charge >= 0.3 is 5.69 Å². The van der Waals surface area contributed by atoms with Crippen molar-refractivity contribution < 1.29 is 0 Å². The van der Waals surface area contributed by atoms with Gasteiger partial charge in [0.2, 0.25) is 0 Å². The number of aromatic amines is 1. The quantitative estimate of drug-likeness (QED) is 0.875. The molecule has 1 aromatic heterocycles. The highest BCUT2D eigenvalue weighted by Crippen LogP contribution is 2.27. The minimum absolute atomic E-state index is 0.0660. The van der Waals surface area contributed by atoms with E-state index >= 15 is 0 Å². The Hall–Kier alpha value is -1.23. The lowest BCUT2D eigenvalue weighted by atomic mass is 10.2. The molecule has 0 aliphatic heterocycles. The Balaban J connectivity index is 2.81. The second-order valence-corrected chi connectivity index (χ2v) is 5.35. The lowest BCUT2D eigenvalue weighted by molar-refractivity contribution is 0.812. The third kappa shape index (κ3) is 2.64. The van der Waals surface area contributed by atoms with E-state index in [1.54, 1.807) is 18.2 Å². The minimum atomic E-state index is -0.649. The standard InChI is InChI=1S/C13H11Cl3N2O2/c1-2-4-7-11(16)17-13(20)18(12(7)19)9-6-3-5-8(14)10(9)15/h3,5-6H,2,4H2,1H3,(H,17,20). The second-order valence-electron chi connectivity index (χ2n) is 4.19. The van der Waals surface area contributed by atoms with E-state index in [4.69, 9.17) is 34.8 Å². The molecule has 1 aromatic carbocycles. The lowest BCUT2D eigenvalue weighted by Crippen LogP contribution is -2.36. The molecular formula is C13H11Cl3N2O2. The van der Waals surface area contributed by atoms with E-state index in [1.165, 1.54) is 0 Å². The van der Waals surface area contributed by atoms with Crippen LogP contribution in [-0.2, 0) is 6.42 Å². The summed E-state index contributed by atoms with van der Waals surface area (Å²) in [5, 5.41) is 0.477. The first-order valence-corrected chi connectivity index (χ1v) is 7.08. The summed E-state index contributed by atoms with van der Waals surface area (Å²) < 4.78 is 0.949. The number of aromatic nitrogens is 2. The van der Waals surface area contributed by atoms with Gasteiger partial charge < -0.3 is 0 Å². The zero-order chi connectivity index (χ0) is 14.9. The largest absolute Gasteiger partial charge is 0.334 e. The van der Waals surface area contributed by atoms with Gasteiger partial charge in [-0.3, -0.25) is 9.78 Å². The molecule has 0 amide bonds. The molecule has 7 heteroatoms. The van der Waals surface area contributed by atoms with E-state index < -0.39 is 11.2 Å². The summed E-state index contributed by atoms with van der Waals surface area (Å²) in [5.41, 5.74) is -0.543. The molecule has 4 nitrogen and oxygen atoms in total. The summed E-state index contributed by atoms with van der Waals surface area (Å²) in [6, 6.07) is 4.74. The van der Waals surface area contributed by atoms with Gasteiger partial charge in [0.05, 0.1) is 21.3 Å². The Kier molecular flexibility index (Phi) is 4.58. The molecule has 0 aliphatic rings. The molecule has 0 saturated heterocycles. The van der Waals surface area contributed by atoms with Crippen molar-refractivity contribution in [2.24, 2.45) is 0 Å². The molecule has 0 aliphatic carbocycles. The number of nitrogens with zero attached hydrogens (tertiary/aromatic N) is 1. The van der Waals surface area contributed by atoms with Crippen LogP contribution in [0.1, 0.15) is 18.9 Å². The van der Waals surface area contributed by atoms with E-state index in [-0.39, 0.29) is 20.9 Å². The molecule has 2 rings (SSSR count). The highest BCUT2D eigenvalue weighted by molar-refractivity contribution is 6.43. The molecule has 0 radical (unpaired) electrons. The summed E-state index contributed by atoms with van der Waals surface area (Å²) in [6.07, 6.45) is 1.19. The van der Waals surface area contributed by atoms with E-state index in [9.17, 15) is 9.59 Å². The summed E-state index contributed by atoms with van der Waals surface area (Å²) in [5.74, 6) is 0. The normalized spacial score (nSPS) is 10.8. The number of H-pyrrole nitrogens is 1. The smallest absolute Gasteiger partial charge is 0.297 e. The molecule has 106 valence electrons. The Bertz CT molecular complexity index is 765. The predicted octanol–water partition coefficient (Wildman–Crippen LogP) is 3.44. The number of benzene rings is 1. The molecule has 0 fully saturated rings. The van der Waals surface area contributed by atoms with Gasteiger partial charge in [-0.05, 0) is 18.6 Å². The van der Waals surface area contributed by atoms with Crippen molar-refractivity contribution in [3.8, 4) is 5.69 Å². The highest BCUT2D eigenvalue weighted by Gasteiger charge is 2.16. The molecule has 0 unspecified atom stereocenters. The van der Waals surface area contributed by atoms with Gasteiger partial charge in [-0.15, -0.1) is 0 Å². The average molecular weight is 334 g/mol. The third-order valence-electron chi connectivity index (χ3n) is 2.82. The topological polar surface area (TPSA) is 54.9 Å². The monoisotopic (exact) mass is 332 g/mol. The molecule has 2 aromatic rings. The van der Waals surface area contributed by atoms with Crippen molar-refractivity contribution in [1.29, 1.82) is 0 Å². The number of hydrogen-bond acceptors (Lipinski definition) is 2. The lowest BCUT2D eigenvalue weighted by Gasteiger charge is -2.10. The van der Waals surface area contributed by atoms with Gasteiger partial charge in [-0.25, -0.2) is 9.36 Å². The number of nitrogens with one attached hydrogen (secondary N) is 1. The van der Waals surface area contributed by atoms with Crippen LogP contribution in [0.4, 0.5) is 0 Å². The van der Waals surface area contributed by atoms with Crippen LogP contribution in [0.5, 0.6) is 0 Å². The van der Waals surface area contributed by atoms with Gasteiger partial charge in [0.25, 0.3) is 5.56 Å². The van der Waals surface area contributed by atoms with Crippen molar-refractivity contribution in [3.63, 3.8) is 0 Å². The van der Waals surface area contributed by atoms with Crippen molar-refractivity contribution in [3.05, 3.63) is 59.8 Å². The fraction of sp³-hybridized carbons (Fsp3) is 0.231. The maximum absolute atomic E-state index is 12.4. The van der Waals surface area contributed by atoms with Crippen molar-refractivity contribution >= 4 is 34.8 Å². The molecule has 0 spiro atoms. The van der Waals surface area contributed by atoms with Gasteiger partial charge in [0.15, 0.2) is 0 Å².